The predicted octanol–water partition coefficient (Wildman–Crippen LogP) is 2.34. The standard InChI is InChI=1S/C17H15FN2O3/c18-13-2-1-3-14(10-13)20-17(22)9-6-12-4-7-15(8-5-12)23-11-16(19)21/h1-10H,11H2,(H2,19,21)(H,20,22)/b9-6+. The summed E-state index contributed by atoms with van der Waals surface area (Å²) in [6, 6.07) is 12.4. The van der Waals surface area contributed by atoms with E-state index < -0.39 is 11.7 Å². The highest BCUT2D eigenvalue weighted by Gasteiger charge is 2.00. The smallest absolute Gasteiger partial charge is 0.255 e. The SMILES string of the molecule is NC(=O)COc1ccc(/C=C/C(=O)Nc2cccc(F)c2)cc1. The number of nitrogens with two attached hydrogens (primary N) is 1. The minimum atomic E-state index is -0.553. The normalized spacial score (nSPS) is 10.5. The molecule has 2 aromatic rings. The van der Waals surface area contributed by atoms with Gasteiger partial charge in [0.2, 0.25) is 5.91 Å². The van der Waals surface area contributed by atoms with Crippen molar-refractivity contribution in [1.29, 1.82) is 0 Å². The zero-order chi connectivity index (χ0) is 16.7. The van der Waals surface area contributed by atoms with Gasteiger partial charge in [-0.1, -0.05) is 18.2 Å². The molecule has 2 rings (SSSR count). The van der Waals surface area contributed by atoms with Crippen LogP contribution in [0.15, 0.2) is 54.6 Å². The fourth-order valence-electron chi connectivity index (χ4n) is 1.75. The molecule has 6 heteroatoms. The van der Waals surface area contributed by atoms with Crippen molar-refractivity contribution in [2.45, 2.75) is 0 Å². The summed E-state index contributed by atoms with van der Waals surface area (Å²) >= 11 is 0. The molecule has 2 amide bonds. The number of amides is 2. The minimum absolute atomic E-state index is 0.189. The first kappa shape index (κ1) is 16.2. The highest BCUT2D eigenvalue weighted by molar-refractivity contribution is 6.01. The van der Waals surface area contributed by atoms with Crippen molar-refractivity contribution in [3.05, 3.63) is 66.0 Å². The summed E-state index contributed by atoms with van der Waals surface area (Å²) < 4.78 is 18.1. The van der Waals surface area contributed by atoms with Crippen LogP contribution in [0, 0.1) is 5.82 Å². The van der Waals surface area contributed by atoms with Crippen molar-refractivity contribution in [2.24, 2.45) is 5.73 Å². The van der Waals surface area contributed by atoms with E-state index >= 15 is 0 Å². The van der Waals surface area contributed by atoms with E-state index in [1.54, 1.807) is 36.4 Å². The first-order chi connectivity index (χ1) is 11.0. The van der Waals surface area contributed by atoms with Crippen LogP contribution in [0.3, 0.4) is 0 Å². The summed E-state index contributed by atoms with van der Waals surface area (Å²) in [5.74, 6) is -0.837. The number of hydrogen-bond donors (Lipinski definition) is 2. The zero-order valence-electron chi connectivity index (χ0n) is 12.2. The van der Waals surface area contributed by atoms with Crippen LogP contribution in [0.1, 0.15) is 5.56 Å². The van der Waals surface area contributed by atoms with Gasteiger partial charge in [-0.2, -0.15) is 0 Å². The van der Waals surface area contributed by atoms with Crippen molar-refractivity contribution >= 4 is 23.6 Å². The van der Waals surface area contributed by atoms with Crippen LogP contribution in [0.4, 0.5) is 10.1 Å². The highest BCUT2D eigenvalue weighted by Crippen LogP contribution is 2.13. The lowest BCUT2D eigenvalue weighted by Gasteiger charge is -2.03. The van der Waals surface area contributed by atoms with Crippen LogP contribution in [-0.4, -0.2) is 18.4 Å². The Hall–Kier alpha value is -3.15. The molecule has 0 heterocycles. The molecule has 23 heavy (non-hydrogen) atoms. The summed E-state index contributed by atoms with van der Waals surface area (Å²) in [5, 5.41) is 2.56. The lowest BCUT2D eigenvalue weighted by atomic mass is 10.2. The Balaban J connectivity index is 1.91. The van der Waals surface area contributed by atoms with Crippen molar-refractivity contribution < 1.29 is 18.7 Å². The van der Waals surface area contributed by atoms with E-state index in [-0.39, 0.29) is 12.5 Å². The lowest BCUT2D eigenvalue weighted by Crippen LogP contribution is -2.19. The van der Waals surface area contributed by atoms with E-state index in [0.717, 1.165) is 5.56 Å². The van der Waals surface area contributed by atoms with Gasteiger partial charge in [0, 0.05) is 11.8 Å². The number of benzene rings is 2. The summed E-state index contributed by atoms with van der Waals surface area (Å²) in [6.07, 6.45) is 2.94. The largest absolute Gasteiger partial charge is 0.484 e. The van der Waals surface area contributed by atoms with Crippen LogP contribution < -0.4 is 15.8 Å². The molecule has 2 aromatic carbocycles. The molecular weight excluding hydrogens is 299 g/mol. The minimum Gasteiger partial charge on any atom is -0.484 e. The number of anilines is 1. The maximum atomic E-state index is 13.0. The molecule has 0 aromatic heterocycles. The molecular formula is C17H15FN2O3. The van der Waals surface area contributed by atoms with Gasteiger partial charge in [-0.3, -0.25) is 9.59 Å². The van der Waals surface area contributed by atoms with E-state index in [1.165, 1.54) is 24.3 Å². The molecule has 0 spiro atoms. The van der Waals surface area contributed by atoms with Crippen molar-refractivity contribution in [1.82, 2.24) is 0 Å². The van der Waals surface area contributed by atoms with Gasteiger partial charge in [-0.05, 0) is 42.0 Å². The number of rotatable bonds is 6. The molecule has 0 aliphatic carbocycles. The third-order valence-corrected chi connectivity index (χ3v) is 2.78. The van der Waals surface area contributed by atoms with Gasteiger partial charge in [-0.15, -0.1) is 0 Å². The lowest BCUT2D eigenvalue weighted by molar-refractivity contribution is -0.120. The van der Waals surface area contributed by atoms with Crippen LogP contribution in [0.5, 0.6) is 5.75 Å². The molecule has 0 unspecified atom stereocenters. The average Bonchev–Trinajstić information content (AvgIpc) is 2.52. The number of halogens is 1. The Bertz CT molecular complexity index is 727. The first-order valence-electron chi connectivity index (χ1n) is 6.79. The molecule has 0 saturated heterocycles. The van der Waals surface area contributed by atoms with Gasteiger partial charge in [0.05, 0.1) is 0 Å². The van der Waals surface area contributed by atoms with Crippen molar-refractivity contribution in [2.75, 3.05) is 11.9 Å². The second-order valence-corrected chi connectivity index (χ2v) is 4.66. The molecule has 0 aliphatic rings. The van der Waals surface area contributed by atoms with Crippen LogP contribution in [0.2, 0.25) is 0 Å². The zero-order valence-corrected chi connectivity index (χ0v) is 12.2. The monoisotopic (exact) mass is 314 g/mol. The number of nitrogens with one attached hydrogen (secondary N) is 1. The number of hydrogen-bond acceptors (Lipinski definition) is 3. The molecule has 3 N–H and O–H groups in total. The van der Waals surface area contributed by atoms with E-state index in [2.05, 4.69) is 5.32 Å². The fraction of sp³-hybridized carbons (Fsp3) is 0.0588. The second kappa shape index (κ2) is 7.74. The molecule has 0 bridgehead atoms. The van der Waals surface area contributed by atoms with E-state index in [1.807, 2.05) is 0 Å². The van der Waals surface area contributed by atoms with Gasteiger partial charge in [0.15, 0.2) is 6.61 Å². The molecule has 0 atom stereocenters. The van der Waals surface area contributed by atoms with Gasteiger partial charge >= 0.3 is 0 Å². The van der Waals surface area contributed by atoms with Gasteiger partial charge in [0.25, 0.3) is 5.91 Å². The topological polar surface area (TPSA) is 81.4 Å². The van der Waals surface area contributed by atoms with Gasteiger partial charge < -0.3 is 15.8 Å². The molecule has 0 fully saturated rings. The fourth-order valence-corrected chi connectivity index (χ4v) is 1.75. The Labute approximate surface area is 132 Å². The third-order valence-electron chi connectivity index (χ3n) is 2.78. The quantitative estimate of drug-likeness (QED) is 0.803. The summed E-state index contributed by atoms with van der Waals surface area (Å²) in [6.45, 7) is -0.189. The molecule has 5 nitrogen and oxygen atoms in total. The Morgan fingerprint density at radius 1 is 1.17 bits per heavy atom. The number of carbonyl (C=O) groups excluding carboxylic acids is 2. The average molecular weight is 314 g/mol. The maximum Gasteiger partial charge on any atom is 0.255 e. The predicted molar refractivity (Wildman–Crippen MR) is 85.2 cm³/mol. The molecule has 0 saturated carbocycles. The van der Waals surface area contributed by atoms with Gasteiger partial charge in [0.1, 0.15) is 11.6 Å². The molecule has 118 valence electrons. The highest BCUT2D eigenvalue weighted by atomic mass is 19.1. The van der Waals surface area contributed by atoms with E-state index in [0.29, 0.717) is 11.4 Å². The van der Waals surface area contributed by atoms with E-state index in [4.69, 9.17) is 10.5 Å². The Morgan fingerprint density at radius 3 is 2.57 bits per heavy atom. The molecule has 0 radical (unpaired) electrons. The van der Waals surface area contributed by atoms with Gasteiger partial charge in [-0.25, -0.2) is 4.39 Å². The summed E-state index contributed by atoms with van der Waals surface area (Å²) in [5.41, 5.74) is 6.13. The Morgan fingerprint density at radius 2 is 1.91 bits per heavy atom. The Kier molecular flexibility index (Phi) is 5.46. The first-order valence-corrected chi connectivity index (χ1v) is 6.79. The maximum absolute atomic E-state index is 13.0. The number of primary amides is 1. The number of carbonyl (C=O) groups is 2. The van der Waals surface area contributed by atoms with Crippen molar-refractivity contribution in [3.8, 4) is 5.75 Å². The second-order valence-electron chi connectivity index (χ2n) is 4.66. The van der Waals surface area contributed by atoms with Crippen molar-refractivity contribution in [3.63, 3.8) is 0 Å². The van der Waals surface area contributed by atoms with E-state index in [9.17, 15) is 14.0 Å². The molecule has 0 aliphatic heterocycles. The van der Waals surface area contributed by atoms with Crippen LogP contribution in [-0.2, 0) is 9.59 Å². The summed E-state index contributed by atoms with van der Waals surface area (Å²) in [4.78, 5) is 22.4. The van der Waals surface area contributed by atoms with Crippen LogP contribution >= 0.6 is 0 Å². The summed E-state index contributed by atoms with van der Waals surface area (Å²) in [7, 11) is 0. The number of ether oxygens (including phenoxy) is 1. The third kappa shape index (κ3) is 5.62. The van der Waals surface area contributed by atoms with Crippen LogP contribution in [0.25, 0.3) is 6.08 Å².